The fraction of sp³-hybridized carbons (Fsp3) is 0.368. The fourth-order valence-corrected chi connectivity index (χ4v) is 5.97. The Morgan fingerprint density at radius 1 is 0.741 bits per heavy atom. The molecule has 0 saturated heterocycles. The lowest BCUT2D eigenvalue weighted by molar-refractivity contribution is 0.507. The molecular weight excluding hydrogens is 384 g/mol. The van der Waals surface area contributed by atoms with Crippen molar-refractivity contribution in [3.05, 3.63) is 59.7 Å². The lowest BCUT2D eigenvalue weighted by atomic mass is 9.88. The van der Waals surface area contributed by atoms with Crippen LogP contribution in [0.15, 0.2) is 58.3 Å². The van der Waals surface area contributed by atoms with Gasteiger partial charge in [-0.15, -0.1) is 0 Å². The Labute approximate surface area is 160 Å². The third-order valence-corrected chi connectivity index (χ3v) is 8.03. The van der Waals surface area contributed by atoms with Gasteiger partial charge in [0.1, 0.15) is 0 Å². The van der Waals surface area contributed by atoms with E-state index >= 15 is 0 Å². The molecule has 2 aromatic rings. The van der Waals surface area contributed by atoms with Crippen LogP contribution in [-0.2, 0) is 26.5 Å². The maximum Gasteiger partial charge on any atom is 0.241 e. The Morgan fingerprint density at radius 2 is 1.33 bits per heavy atom. The minimum Gasteiger partial charge on any atom is -0.208 e. The van der Waals surface area contributed by atoms with Crippen molar-refractivity contribution in [3.63, 3.8) is 0 Å². The molecule has 6 nitrogen and oxygen atoms in total. The number of sulfonamides is 2. The first-order chi connectivity index (χ1) is 12.9. The van der Waals surface area contributed by atoms with Crippen LogP contribution in [0.2, 0.25) is 0 Å². The van der Waals surface area contributed by atoms with Crippen molar-refractivity contribution in [1.82, 2.24) is 9.44 Å². The zero-order valence-corrected chi connectivity index (χ0v) is 16.4. The number of benzene rings is 2. The highest BCUT2D eigenvalue weighted by molar-refractivity contribution is 7.90. The molecule has 0 spiro atoms. The maximum atomic E-state index is 12.8. The highest BCUT2D eigenvalue weighted by Crippen LogP contribution is 2.31. The molecule has 1 fully saturated rings. The van der Waals surface area contributed by atoms with Crippen LogP contribution in [0, 0.1) is 0 Å². The highest BCUT2D eigenvalue weighted by atomic mass is 32.2. The summed E-state index contributed by atoms with van der Waals surface area (Å²) in [4.78, 5) is 0.146. The molecule has 2 aliphatic carbocycles. The van der Waals surface area contributed by atoms with E-state index in [4.69, 9.17) is 0 Å². The molecule has 27 heavy (non-hydrogen) atoms. The van der Waals surface area contributed by atoms with Crippen molar-refractivity contribution >= 4 is 20.0 Å². The maximum absolute atomic E-state index is 12.8. The summed E-state index contributed by atoms with van der Waals surface area (Å²) >= 11 is 0. The lowest BCUT2D eigenvalue weighted by Crippen LogP contribution is -2.31. The molecule has 0 bridgehead atoms. The quantitative estimate of drug-likeness (QED) is 0.771. The summed E-state index contributed by atoms with van der Waals surface area (Å²) in [5.74, 6) is 0. The molecule has 2 aliphatic rings. The predicted octanol–water partition coefficient (Wildman–Crippen LogP) is 2.48. The largest absolute Gasteiger partial charge is 0.241 e. The smallest absolute Gasteiger partial charge is 0.208 e. The van der Waals surface area contributed by atoms with Crippen LogP contribution in [0.4, 0.5) is 0 Å². The Kier molecular flexibility index (Phi) is 4.84. The molecule has 1 saturated carbocycles. The van der Waals surface area contributed by atoms with Gasteiger partial charge in [-0.1, -0.05) is 24.3 Å². The van der Waals surface area contributed by atoms with Gasteiger partial charge in [-0.25, -0.2) is 26.3 Å². The van der Waals surface area contributed by atoms with E-state index in [2.05, 4.69) is 9.44 Å². The third-order valence-electron chi connectivity index (χ3n) is 5.01. The predicted molar refractivity (Wildman–Crippen MR) is 102 cm³/mol. The van der Waals surface area contributed by atoms with E-state index in [-0.39, 0.29) is 21.9 Å². The molecule has 8 heteroatoms. The van der Waals surface area contributed by atoms with Crippen molar-refractivity contribution in [2.24, 2.45) is 0 Å². The zero-order valence-electron chi connectivity index (χ0n) is 14.8. The number of aryl methyl sites for hydroxylation is 1. The Hall–Kier alpha value is -1.74. The highest BCUT2D eigenvalue weighted by Gasteiger charge is 2.29. The second-order valence-electron chi connectivity index (χ2n) is 7.13. The number of nitrogens with one attached hydrogen (secondary N) is 2. The minimum absolute atomic E-state index is 0.00597. The first kappa shape index (κ1) is 18.6. The van der Waals surface area contributed by atoms with Gasteiger partial charge in [0.2, 0.25) is 20.0 Å². The van der Waals surface area contributed by atoms with E-state index in [9.17, 15) is 16.8 Å². The average molecular weight is 407 g/mol. The number of hydrogen-bond donors (Lipinski definition) is 2. The van der Waals surface area contributed by atoms with Crippen LogP contribution in [-0.4, -0.2) is 22.9 Å². The standard InChI is InChI=1S/C19H22N2O4S2/c22-26(23,20-15-8-9-15)16-10-12-17(13-11-16)27(24,25)21-19-7-3-5-14-4-1-2-6-18(14)19/h1-2,4,6,10-13,15,19-21H,3,5,7-9H2/t19-/m1/s1. The van der Waals surface area contributed by atoms with Crippen LogP contribution in [0.1, 0.15) is 42.9 Å². The van der Waals surface area contributed by atoms with Crippen LogP contribution in [0.5, 0.6) is 0 Å². The molecule has 144 valence electrons. The molecule has 2 aromatic carbocycles. The van der Waals surface area contributed by atoms with E-state index in [1.54, 1.807) is 0 Å². The number of hydrogen-bond acceptors (Lipinski definition) is 4. The third kappa shape index (κ3) is 4.08. The van der Waals surface area contributed by atoms with Gasteiger partial charge >= 0.3 is 0 Å². The molecule has 2 N–H and O–H groups in total. The second kappa shape index (κ2) is 7.01. The van der Waals surface area contributed by atoms with Gasteiger partial charge in [-0.05, 0) is 67.5 Å². The Balaban J connectivity index is 1.54. The average Bonchev–Trinajstić information content (AvgIpc) is 3.45. The summed E-state index contributed by atoms with van der Waals surface area (Å²) in [6.45, 7) is 0. The summed E-state index contributed by atoms with van der Waals surface area (Å²) in [5, 5.41) is 0. The minimum atomic E-state index is -3.74. The summed E-state index contributed by atoms with van der Waals surface area (Å²) in [6.07, 6.45) is 4.31. The lowest BCUT2D eigenvalue weighted by Gasteiger charge is -2.26. The number of rotatable bonds is 6. The van der Waals surface area contributed by atoms with E-state index in [0.29, 0.717) is 0 Å². The van der Waals surface area contributed by atoms with Crippen molar-refractivity contribution in [3.8, 4) is 0 Å². The summed E-state index contributed by atoms with van der Waals surface area (Å²) in [7, 11) is -7.33. The first-order valence-corrected chi connectivity index (χ1v) is 12.0. The number of fused-ring (bicyclic) bond motifs is 1. The molecule has 0 radical (unpaired) electrons. The second-order valence-corrected chi connectivity index (χ2v) is 10.6. The van der Waals surface area contributed by atoms with Gasteiger partial charge in [0.05, 0.1) is 9.79 Å². The molecule has 0 unspecified atom stereocenters. The van der Waals surface area contributed by atoms with Crippen LogP contribution < -0.4 is 9.44 Å². The molecule has 0 aromatic heterocycles. The first-order valence-electron chi connectivity index (χ1n) is 9.08. The SMILES string of the molecule is O=S(=O)(NC1CC1)c1ccc(S(=O)(=O)N[C@@H]2CCCc3ccccc32)cc1. The molecule has 4 rings (SSSR count). The molecule has 0 aliphatic heterocycles. The summed E-state index contributed by atoms with van der Waals surface area (Å²) in [6, 6.07) is 13.0. The van der Waals surface area contributed by atoms with Crippen LogP contribution >= 0.6 is 0 Å². The van der Waals surface area contributed by atoms with Gasteiger partial charge < -0.3 is 0 Å². The molecule has 1 atom stereocenters. The normalized spacial score (nSPS) is 20.2. The van der Waals surface area contributed by atoms with Crippen molar-refractivity contribution in [2.45, 2.75) is 54.0 Å². The van der Waals surface area contributed by atoms with Gasteiger partial charge in [-0.3, -0.25) is 0 Å². The van der Waals surface area contributed by atoms with E-state index in [1.165, 1.54) is 29.8 Å². The zero-order chi connectivity index (χ0) is 19.1. The van der Waals surface area contributed by atoms with E-state index < -0.39 is 20.0 Å². The molecule has 0 heterocycles. The fourth-order valence-electron chi connectivity index (χ4n) is 3.42. The summed E-state index contributed by atoms with van der Waals surface area (Å²) < 4.78 is 55.4. The molecular formula is C19H22N2O4S2. The topological polar surface area (TPSA) is 92.3 Å². The van der Waals surface area contributed by atoms with Crippen molar-refractivity contribution in [1.29, 1.82) is 0 Å². The Morgan fingerprint density at radius 3 is 1.96 bits per heavy atom. The monoisotopic (exact) mass is 406 g/mol. The van der Waals surface area contributed by atoms with Gasteiger partial charge in [0.15, 0.2) is 0 Å². The van der Waals surface area contributed by atoms with Gasteiger partial charge in [-0.2, -0.15) is 0 Å². The van der Waals surface area contributed by atoms with E-state index in [0.717, 1.165) is 37.7 Å². The van der Waals surface area contributed by atoms with Gasteiger partial charge in [0, 0.05) is 12.1 Å². The van der Waals surface area contributed by atoms with Crippen molar-refractivity contribution in [2.75, 3.05) is 0 Å². The Bertz CT molecular complexity index is 1040. The van der Waals surface area contributed by atoms with Gasteiger partial charge in [0.25, 0.3) is 0 Å². The van der Waals surface area contributed by atoms with Crippen LogP contribution in [0.3, 0.4) is 0 Å². The molecule has 0 amide bonds. The summed E-state index contributed by atoms with van der Waals surface area (Å²) in [5.41, 5.74) is 2.18. The van der Waals surface area contributed by atoms with E-state index in [1.807, 2.05) is 24.3 Å². The van der Waals surface area contributed by atoms with Crippen LogP contribution in [0.25, 0.3) is 0 Å². The van der Waals surface area contributed by atoms with Crippen molar-refractivity contribution < 1.29 is 16.8 Å².